The number of para-hydroxylation sites is 1. The molecule has 0 atom stereocenters. The Balaban J connectivity index is 0.000000199. The molecule has 1 aromatic carbocycles. The summed E-state index contributed by atoms with van der Waals surface area (Å²) in [4.78, 5) is 18.8. The minimum absolute atomic E-state index is 0.0248. The molecule has 2 heterocycles. The van der Waals surface area contributed by atoms with E-state index in [2.05, 4.69) is 16.5 Å². The van der Waals surface area contributed by atoms with Crippen molar-refractivity contribution in [2.24, 2.45) is 5.73 Å². The van der Waals surface area contributed by atoms with E-state index in [1.54, 1.807) is 24.5 Å². The molecule has 6 nitrogen and oxygen atoms in total. The first kappa shape index (κ1) is 20.1. The molecule has 140 valence electrons. The number of pyridine rings is 2. The van der Waals surface area contributed by atoms with Gasteiger partial charge < -0.3 is 15.6 Å². The van der Waals surface area contributed by atoms with Gasteiger partial charge in [0.2, 0.25) is 0 Å². The second-order valence-electron chi connectivity index (χ2n) is 5.98. The largest absolute Gasteiger partial charge is 0.491 e. The highest BCUT2D eigenvalue weighted by molar-refractivity contribution is 5.92. The quantitative estimate of drug-likeness (QED) is 0.711. The fraction of sp³-hybridized carbons (Fsp3) is 0.190. The molecule has 3 rings (SSSR count). The Kier molecular flexibility index (Phi) is 7.02. The number of benzene rings is 1. The molecular formula is C21H23N3O3. The fourth-order valence-corrected chi connectivity index (χ4v) is 2.37. The summed E-state index contributed by atoms with van der Waals surface area (Å²) in [5, 5.41) is 9.61. The van der Waals surface area contributed by atoms with Crippen LogP contribution in [0.25, 0.3) is 17.0 Å². The van der Waals surface area contributed by atoms with E-state index >= 15 is 0 Å². The van der Waals surface area contributed by atoms with E-state index in [-0.39, 0.29) is 11.8 Å². The maximum atomic E-state index is 10.7. The number of aromatic carboxylic acids is 1. The zero-order chi connectivity index (χ0) is 19.8. The number of rotatable bonds is 5. The van der Waals surface area contributed by atoms with Crippen LogP contribution in [0.3, 0.4) is 0 Å². The lowest BCUT2D eigenvalue weighted by atomic mass is 10.1. The molecule has 0 spiro atoms. The summed E-state index contributed by atoms with van der Waals surface area (Å²) in [7, 11) is 0. The summed E-state index contributed by atoms with van der Waals surface area (Å²) in [5.74, 6) is -0.140. The van der Waals surface area contributed by atoms with Gasteiger partial charge in [0.1, 0.15) is 11.4 Å². The van der Waals surface area contributed by atoms with Gasteiger partial charge in [-0.05, 0) is 32.0 Å². The zero-order valence-electron chi connectivity index (χ0n) is 15.4. The molecule has 0 aliphatic carbocycles. The third-order valence-electron chi connectivity index (χ3n) is 3.62. The van der Waals surface area contributed by atoms with Crippen molar-refractivity contribution in [2.75, 3.05) is 0 Å². The van der Waals surface area contributed by atoms with Gasteiger partial charge in [-0.2, -0.15) is 0 Å². The maximum Gasteiger partial charge on any atom is 0.354 e. The van der Waals surface area contributed by atoms with Gasteiger partial charge in [0.15, 0.2) is 0 Å². The summed E-state index contributed by atoms with van der Waals surface area (Å²) >= 11 is 0. The molecular weight excluding hydrogens is 342 g/mol. The van der Waals surface area contributed by atoms with Gasteiger partial charge in [-0.25, -0.2) is 9.78 Å². The third-order valence-corrected chi connectivity index (χ3v) is 3.62. The first-order valence-electron chi connectivity index (χ1n) is 8.51. The normalized spacial score (nSPS) is 10.2. The first-order valence-corrected chi connectivity index (χ1v) is 8.51. The molecule has 6 heteroatoms. The Morgan fingerprint density at radius 2 is 2.00 bits per heavy atom. The van der Waals surface area contributed by atoms with Crippen LogP contribution in [0.2, 0.25) is 0 Å². The van der Waals surface area contributed by atoms with E-state index in [0.29, 0.717) is 12.1 Å². The smallest absolute Gasteiger partial charge is 0.354 e. The van der Waals surface area contributed by atoms with Gasteiger partial charge >= 0.3 is 5.97 Å². The Labute approximate surface area is 158 Å². The van der Waals surface area contributed by atoms with Crippen LogP contribution in [0, 0.1) is 0 Å². The van der Waals surface area contributed by atoms with E-state index in [0.717, 1.165) is 22.3 Å². The highest BCUT2D eigenvalue weighted by Crippen LogP contribution is 2.18. The maximum absolute atomic E-state index is 10.7. The average molecular weight is 365 g/mol. The highest BCUT2D eigenvalue weighted by Gasteiger charge is 2.07. The highest BCUT2D eigenvalue weighted by atomic mass is 16.5. The predicted molar refractivity (Wildman–Crippen MR) is 107 cm³/mol. The van der Waals surface area contributed by atoms with Gasteiger partial charge in [0, 0.05) is 35.5 Å². The standard InChI is InChI=1S/C11H8N2O2.C10H15NO/c1-2-7-5-12-6-8-3-4-9(11(14)15)13-10(7)8;1-8(2)12-10-6-4-3-5-9(10)7-11/h2-6H,1H2,(H,14,15);3-6,8H,7,11H2,1-2H3. The lowest BCUT2D eigenvalue weighted by molar-refractivity contribution is 0.0691. The number of hydrogen-bond acceptors (Lipinski definition) is 5. The predicted octanol–water partition coefficient (Wildman–Crippen LogP) is 3.90. The number of aromatic nitrogens is 2. The van der Waals surface area contributed by atoms with Crippen molar-refractivity contribution in [1.82, 2.24) is 9.97 Å². The van der Waals surface area contributed by atoms with Gasteiger partial charge in [0.05, 0.1) is 11.6 Å². The third kappa shape index (κ3) is 5.36. The molecule has 27 heavy (non-hydrogen) atoms. The second kappa shape index (κ2) is 9.45. The SMILES string of the molecule is C=Cc1cncc2ccc(C(=O)O)nc12.CC(C)Oc1ccccc1CN. The minimum atomic E-state index is -1.04. The van der Waals surface area contributed by atoms with Crippen molar-refractivity contribution in [3.05, 3.63) is 72.2 Å². The molecule has 0 bridgehead atoms. The molecule has 0 aliphatic rings. The summed E-state index contributed by atoms with van der Waals surface area (Å²) in [6, 6.07) is 11.0. The molecule has 0 radical (unpaired) electrons. The number of carbonyl (C=O) groups is 1. The Hall–Kier alpha value is -3.25. The van der Waals surface area contributed by atoms with Crippen LogP contribution < -0.4 is 10.5 Å². The van der Waals surface area contributed by atoms with E-state index in [4.69, 9.17) is 15.6 Å². The van der Waals surface area contributed by atoms with E-state index < -0.39 is 5.97 Å². The van der Waals surface area contributed by atoms with Gasteiger partial charge in [0.25, 0.3) is 0 Å². The van der Waals surface area contributed by atoms with Crippen LogP contribution in [0.15, 0.2) is 55.4 Å². The summed E-state index contributed by atoms with van der Waals surface area (Å²) in [6.07, 6.45) is 5.06. The molecule has 0 aliphatic heterocycles. The van der Waals surface area contributed by atoms with E-state index in [9.17, 15) is 4.79 Å². The molecule has 0 fully saturated rings. The fourth-order valence-electron chi connectivity index (χ4n) is 2.37. The second-order valence-corrected chi connectivity index (χ2v) is 5.98. The lowest BCUT2D eigenvalue weighted by Gasteiger charge is -2.12. The van der Waals surface area contributed by atoms with Crippen molar-refractivity contribution < 1.29 is 14.6 Å². The number of carboxylic acids is 1. The topological polar surface area (TPSA) is 98.3 Å². The first-order chi connectivity index (χ1) is 13.0. The number of carboxylic acid groups (broad SMARTS) is 1. The van der Waals surface area contributed by atoms with Gasteiger partial charge in [-0.1, -0.05) is 30.9 Å². The molecule has 3 aromatic rings. The van der Waals surface area contributed by atoms with Crippen molar-refractivity contribution in [2.45, 2.75) is 26.5 Å². The van der Waals surface area contributed by atoms with Crippen molar-refractivity contribution >= 4 is 22.9 Å². The number of nitrogens with two attached hydrogens (primary N) is 1. The van der Waals surface area contributed by atoms with Crippen LogP contribution in [0.5, 0.6) is 5.75 Å². The van der Waals surface area contributed by atoms with Crippen molar-refractivity contribution in [1.29, 1.82) is 0 Å². The zero-order valence-corrected chi connectivity index (χ0v) is 15.4. The van der Waals surface area contributed by atoms with Crippen LogP contribution in [-0.4, -0.2) is 27.1 Å². The van der Waals surface area contributed by atoms with Crippen LogP contribution in [0.4, 0.5) is 0 Å². The molecule has 0 saturated carbocycles. The summed E-state index contributed by atoms with van der Waals surface area (Å²) < 4.78 is 5.56. The van der Waals surface area contributed by atoms with Crippen molar-refractivity contribution in [3.63, 3.8) is 0 Å². The van der Waals surface area contributed by atoms with Crippen LogP contribution in [0.1, 0.15) is 35.5 Å². The average Bonchev–Trinajstić information content (AvgIpc) is 2.67. The lowest BCUT2D eigenvalue weighted by Crippen LogP contribution is -2.08. The summed E-state index contributed by atoms with van der Waals surface area (Å²) in [6.45, 7) is 8.17. The molecule has 0 saturated heterocycles. The monoisotopic (exact) mass is 365 g/mol. The molecule has 2 aromatic heterocycles. The Bertz CT molecular complexity index is 939. The van der Waals surface area contributed by atoms with Gasteiger partial charge in [-0.15, -0.1) is 0 Å². The molecule has 3 N–H and O–H groups in total. The van der Waals surface area contributed by atoms with Crippen molar-refractivity contribution in [3.8, 4) is 5.75 Å². The number of fused-ring (bicyclic) bond motifs is 1. The van der Waals surface area contributed by atoms with Gasteiger partial charge in [-0.3, -0.25) is 4.98 Å². The molecule has 0 unspecified atom stereocenters. The number of ether oxygens (including phenoxy) is 1. The molecule has 0 amide bonds. The van der Waals surface area contributed by atoms with Crippen LogP contribution in [-0.2, 0) is 6.54 Å². The van der Waals surface area contributed by atoms with E-state index in [1.807, 2.05) is 38.1 Å². The van der Waals surface area contributed by atoms with E-state index in [1.165, 1.54) is 6.07 Å². The Morgan fingerprint density at radius 1 is 1.26 bits per heavy atom. The number of hydrogen-bond donors (Lipinski definition) is 2. The summed E-state index contributed by atoms with van der Waals surface area (Å²) in [5.41, 5.74) is 7.98. The number of nitrogens with zero attached hydrogens (tertiary/aromatic N) is 2. The minimum Gasteiger partial charge on any atom is -0.491 e. The van der Waals surface area contributed by atoms with Crippen LogP contribution >= 0.6 is 0 Å². The Morgan fingerprint density at radius 3 is 2.63 bits per heavy atom.